The third-order valence-electron chi connectivity index (χ3n) is 2.48. The molecule has 0 saturated carbocycles. The molecule has 1 unspecified atom stereocenters. The van der Waals surface area contributed by atoms with Gasteiger partial charge in [-0.1, -0.05) is 16.8 Å². The molecule has 0 aliphatic carbocycles. The fourth-order valence-electron chi connectivity index (χ4n) is 1.76. The molecule has 0 saturated heterocycles. The smallest absolute Gasteiger partial charge is 0.129 e. The minimum absolute atomic E-state index is 0.265. The van der Waals surface area contributed by atoms with Gasteiger partial charge in [0.05, 0.1) is 5.92 Å². The Bertz CT molecular complexity index is 417. The molecule has 1 atom stereocenters. The van der Waals surface area contributed by atoms with Gasteiger partial charge in [-0.2, -0.15) is 0 Å². The Morgan fingerprint density at radius 1 is 1.36 bits per heavy atom. The molecule has 2 aliphatic heterocycles. The van der Waals surface area contributed by atoms with Crippen LogP contribution in [0, 0.1) is 5.92 Å². The van der Waals surface area contributed by atoms with Gasteiger partial charge in [0.25, 0.3) is 0 Å². The summed E-state index contributed by atoms with van der Waals surface area (Å²) in [6.45, 7) is 1.26. The quantitative estimate of drug-likeness (QED) is 0.655. The lowest BCUT2D eigenvalue weighted by atomic mass is 9.95. The van der Waals surface area contributed by atoms with Gasteiger partial charge < -0.3 is 9.57 Å². The summed E-state index contributed by atoms with van der Waals surface area (Å²) in [6.07, 6.45) is 0. The third-order valence-corrected chi connectivity index (χ3v) is 2.72. The third kappa shape index (κ3) is 1.09. The second-order valence-corrected chi connectivity index (χ2v) is 3.86. The van der Waals surface area contributed by atoms with Crippen LogP contribution in [0.25, 0.3) is 0 Å². The van der Waals surface area contributed by atoms with Crippen LogP contribution in [0.3, 0.4) is 0 Å². The van der Waals surface area contributed by atoms with E-state index >= 15 is 0 Å². The van der Waals surface area contributed by atoms with Gasteiger partial charge in [0.1, 0.15) is 24.7 Å². The predicted molar refractivity (Wildman–Crippen MR) is 52.9 cm³/mol. The second-order valence-electron chi connectivity index (χ2n) is 3.42. The zero-order valence-electron chi connectivity index (χ0n) is 7.37. The van der Waals surface area contributed by atoms with Crippen molar-refractivity contribution in [3.8, 4) is 5.75 Å². The number of oxime groups is 1. The molecule has 3 rings (SSSR count). The van der Waals surface area contributed by atoms with Gasteiger partial charge in [-0.25, -0.2) is 0 Å². The topological polar surface area (TPSA) is 30.8 Å². The van der Waals surface area contributed by atoms with E-state index in [2.05, 4.69) is 5.16 Å². The standard InChI is InChI=1S/C10H8ClNO2/c11-7-1-2-9-8(3-7)10-6(4-13-9)5-14-12-10/h1-3,6H,4-5H2. The van der Waals surface area contributed by atoms with Crippen molar-refractivity contribution in [3.05, 3.63) is 28.8 Å². The highest BCUT2D eigenvalue weighted by Crippen LogP contribution is 2.32. The van der Waals surface area contributed by atoms with Gasteiger partial charge >= 0.3 is 0 Å². The van der Waals surface area contributed by atoms with Gasteiger partial charge in [0.15, 0.2) is 0 Å². The molecule has 0 radical (unpaired) electrons. The first kappa shape index (κ1) is 8.12. The summed E-state index contributed by atoms with van der Waals surface area (Å²) >= 11 is 5.92. The number of nitrogens with zero attached hydrogens (tertiary/aromatic N) is 1. The number of hydrogen-bond donors (Lipinski definition) is 0. The van der Waals surface area contributed by atoms with Crippen LogP contribution in [0.1, 0.15) is 5.56 Å². The van der Waals surface area contributed by atoms with Crippen molar-refractivity contribution in [2.75, 3.05) is 13.2 Å². The van der Waals surface area contributed by atoms with Crippen molar-refractivity contribution in [2.24, 2.45) is 11.1 Å². The van der Waals surface area contributed by atoms with Crippen molar-refractivity contribution in [2.45, 2.75) is 0 Å². The molecule has 14 heavy (non-hydrogen) atoms. The molecule has 2 aliphatic rings. The fourth-order valence-corrected chi connectivity index (χ4v) is 1.94. The molecule has 0 fully saturated rings. The van der Waals surface area contributed by atoms with Gasteiger partial charge in [-0.05, 0) is 18.2 Å². The van der Waals surface area contributed by atoms with E-state index in [1.54, 1.807) is 0 Å². The average molecular weight is 210 g/mol. The van der Waals surface area contributed by atoms with Crippen LogP contribution in [0.5, 0.6) is 5.75 Å². The highest BCUT2D eigenvalue weighted by atomic mass is 35.5. The molecule has 4 heteroatoms. The molecule has 0 spiro atoms. The van der Waals surface area contributed by atoms with E-state index < -0.39 is 0 Å². The van der Waals surface area contributed by atoms with Crippen LogP contribution >= 0.6 is 11.6 Å². The summed E-state index contributed by atoms with van der Waals surface area (Å²) in [7, 11) is 0. The largest absolute Gasteiger partial charge is 0.492 e. The molecular formula is C10H8ClNO2. The normalized spacial score (nSPS) is 22.9. The van der Waals surface area contributed by atoms with E-state index in [0.717, 1.165) is 17.0 Å². The Hall–Kier alpha value is -1.22. The summed E-state index contributed by atoms with van der Waals surface area (Å²) in [5, 5.41) is 4.72. The van der Waals surface area contributed by atoms with Crippen LogP contribution in [0.15, 0.2) is 23.4 Å². The van der Waals surface area contributed by atoms with Crippen LogP contribution in [-0.2, 0) is 4.84 Å². The Morgan fingerprint density at radius 3 is 3.21 bits per heavy atom. The van der Waals surface area contributed by atoms with Gasteiger partial charge in [-0.15, -0.1) is 0 Å². The Labute approximate surface area is 86.3 Å². The first-order valence-corrected chi connectivity index (χ1v) is 4.85. The minimum atomic E-state index is 0.265. The fraction of sp³-hybridized carbons (Fsp3) is 0.300. The maximum Gasteiger partial charge on any atom is 0.129 e. The number of rotatable bonds is 0. The summed E-state index contributed by atoms with van der Waals surface area (Å²) in [5.74, 6) is 1.11. The van der Waals surface area contributed by atoms with Crippen LogP contribution in [0.2, 0.25) is 5.02 Å². The van der Waals surface area contributed by atoms with E-state index in [4.69, 9.17) is 21.2 Å². The molecule has 1 aromatic rings. The first-order valence-electron chi connectivity index (χ1n) is 4.47. The molecule has 0 bridgehead atoms. The van der Waals surface area contributed by atoms with Crippen LogP contribution in [-0.4, -0.2) is 18.9 Å². The number of halogens is 1. The Balaban J connectivity index is 2.16. The molecule has 0 amide bonds. The maximum atomic E-state index is 5.92. The molecular weight excluding hydrogens is 202 g/mol. The highest BCUT2D eigenvalue weighted by molar-refractivity contribution is 6.31. The molecule has 2 heterocycles. The Kier molecular flexibility index (Phi) is 1.67. The summed E-state index contributed by atoms with van der Waals surface area (Å²) in [6, 6.07) is 5.56. The summed E-state index contributed by atoms with van der Waals surface area (Å²) in [5.41, 5.74) is 1.93. The predicted octanol–water partition coefficient (Wildman–Crippen LogP) is 2.08. The lowest BCUT2D eigenvalue weighted by Crippen LogP contribution is -2.27. The van der Waals surface area contributed by atoms with Gasteiger partial charge in [0, 0.05) is 10.6 Å². The van der Waals surface area contributed by atoms with Crippen molar-refractivity contribution in [1.82, 2.24) is 0 Å². The SMILES string of the molecule is Clc1ccc2c(c1)C1=NOCC1CO2. The highest BCUT2D eigenvalue weighted by Gasteiger charge is 2.31. The van der Waals surface area contributed by atoms with E-state index in [-0.39, 0.29) is 5.92 Å². The number of benzene rings is 1. The van der Waals surface area contributed by atoms with Crippen molar-refractivity contribution in [3.63, 3.8) is 0 Å². The number of hydrogen-bond acceptors (Lipinski definition) is 3. The summed E-state index contributed by atoms with van der Waals surface area (Å²) < 4.78 is 5.57. The van der Waals surface area contributed by atoms with Gasteiger partial charge in [-0.3, -0.25) is 0 Å². The molecule has 0 N–H and O–H groups in total. The molecule has 1 aromatic carbocycles. The van der Waals surface area contributed by atoms with Gasteiger partial charge in [0.2, 0.25) is 0 Å². The van der Waals surface area contributed by atoms with Crippen molar-refractivity contribution >= 4 is 17.3 Å². The molecule has 72 valence electrons. The molecule has 3 nitrogen and oxygen atoms in total. The van der Waals surface area contributed by atoms with Crippen molar-refractivity contribution < 1.29 is 9.57 Å². The summed E-state index contributed by atoms with van der Waals surface area (Å²) in [4.78, 5) is 5.05. The van der Waals surface area contributed by atoms with E-state index in [1.165, 1.54) is 0 Å². The second kappa shape index (κ2) is 2.89. The maximum absolute atomic E-state index is 5.92. The zero-order valence-corrected chi connectivity index (χ0v) is 8.12. The van der Waals surface area contributed by atoms with E-state index in [0.29, 0.717) is 18.2 Å². The van der Waals surface area contributed by atoms with Crippen molar-refractivity contribution in [1.29, 1.82) is 0 Å². The number of ether oxygens (including phenoxy) is 1. The lowest BCUT2D eigenvalue weighted by molar-refractivity contribution is 0.137. The molecule has 0 aromatic heterocycles. The van der Waals surface area contributed by atoms with E-state index in [9.17, 15) is 0 Å². The zero-order chi connectivity index (χ0) is 9.54. The first-order chi connectivity index (χ1) is 6.84. The van der Waals surface area contributed by atoms with Crippen LogP contribution < -0.4 is 4.74 Å². The minimum Gasteiger partial charge on any atom is -0.492 e. The average Bonchev–Trinajstić information content (AvgIpc) is 2.65. The van der Waals surface area contributed by atoms with Crippen LogP contribution in [0.4, 0.5) is 0 Å². The monoisotopic (exact) mass is 209 g/mol. The lowest BCUT2D eigenvalue weighted by Gasteiger charge is -2.21. The number of fused-ring (bicyclic) bond motifs is 3. The van der Waals surface area contributed by atoms with E-state index in [1.807, 2.05) is 18.2 Å². The Morgan fingerprint density at radius 2 is 2.29 bits per heavy atom.